The Bertz CT molecular complexity index is 529. The highest BCUT2D eigenvalue weighted by Gasteiger charge is 2.24. The molecule has 1 aromatic rings. The van der Waals surface area contributed by atoms with Crippen molar-refractivity contribution in [2.24, 2.45) is 0 Å². The molecular weight excluding hydrogens is 271 g/mol. The van der Waals surface area contributed by atoms with Gasteiger partial charge in [0.25, 0.3) is 5.91 Å². The number of carbonyl (C=O) groups excluding carboxylic acids is 1. The van der Waals surface area contributed by atoms with E-state index in [2.05, 4.69) is 0 Å². The summed E-state index contributed by atoms with van der Waals surface area (Å²) in [5.41, 5.74) is 1.03. The molecule has 0 spiro atoms. The minimum Gasteiger partial charge on any atom is -0.375 e. The summed E-state index contributed by atoms with van der Waals surface area (Å²) in [5, 5.41) is 0. The van der Waals surface area contributed by atoms with Crippen molar-refractivity contribution in [2.75, 3.05) is 37.7 Å². The molecule has 5 heteroatoms. The van der Waals surface area contributed by atoms with Crippen LogP contribution in [0, 0.1) is 5.82 Å². The van der Waals surface area contributed by atoms with Crippen molar-refractivity contribution in [1.82, 2.24) is 4.90 Å². The maximum Gasteiger partial charge on any atom is 0.254 e. The van der Waals surface area contributed by atoms with E-state index in [-0.39, 0.29) is 17.8 Å². The number of amides is 1. The number of ether oxygens (including phenoxy) is 1. The molecule has 0 unspecified atom stereocenters. The van der Waals surface area contributed by atoms with Crippen molar-refractivity contribution in [1.29, 1.82) is 0 Å². The molecule has 4 nitrogen and oxygen atoms in total. The van der Waals surface area contributed by atoms with Crippen LogP contribution in [-0.4, -0.2) is 49.7 Å². The molecule has 2 heterocycles. The van der Waals surface area contributed by atoms with Crippen LogP contribution in [0.25, 0.3) is 0 Å². The number of hydrogen-bond donors (Lipinski definition) is 0. The normalized spacial score (nSPS) is 22.7. The van der Waals surface area contributed by atoms with E-state index in [1.54, 1.807) is 17.0 Å². The van der Waals surface area contributed by atoms with Gasteiger partial charge in [0, 0.05) is 31.7 Å². The SMILES string of the molecule is C[C@@H]1CN(C(=O)c2ccc(N3CCCC3)c(F)c2)CCO1. The molecule has 2 aliphatic heterocycles. The molecule has 2 aliphatic rings. The Morgan fingerprint density at radius 2 is 2.05 bits per heavy atom. The highest BCUT2D eigenvalue weighted by Crippen LogP contribution is 2.25. The number of carbonyl (C=O) groups is 1. The number of rotatable bonds is 2. The number of benzene rings is 1. The Morgan fingerprint density at radius 1 is 1.29 bits per heavy atom. The van der Waals surface area contributed by atoms with Gasteiger partial charge in [0.1, 0.15) is 5.82 Å². The zero-order chi connectivity index (χ0) is 14.8. The van der Waals surface area contributed by atoms with Crippen molar-refractivity contribution in [2.45, 2.75) is 25.9 Å². The maximum atomic E-state index is 14.3. The largest absolute Gasteiger partial charge is 0.375 e. The summed E-state index contributed by atoms with van der Waals surface area (Å²) in [5.74, 6) is -0.416. The lowest BCUT2D eigenvalue weighted by atomic mass is 10.1. The molecule has 2 saturated heterocycles. The van der Waals surface area contributed by atoms with Gasteiger partial charge in [-0.1, -0.05) is 0 Å². The van der Waals surface area contributed by atoms with Crippen LogP contribution in [0.5, 0.6) is 0 Å². The Kier molecular flexibility index (Phi) is 4.10. The van der Waals surface area contributed by atoms with Gasteiger partial charge in [-0.2, -0.15) is 0 Å². The third-order valence-corrected chi connectivity index (χ3v) is 4.17. The van der Waals surface area contributed by atoms with Crippen molar-refractivity contribution in [3.63, 3.8) is 0 Å². The van der Waals surface area contributed by atoms with Gasteiger partial charge in [-0.25, -0.2) is 4.39 Å². The third kappa shape index (κ3) is 3.02. The molecule has 114 valence electrons. The van der Waals surface area contributed by atoms with Crippen LogP contribution in [0.4, 0.5) is 10.1 Å². The van der Waals surface area contributed by atoms with E-state index in [9.17, 15) is 9.18 Å². The molecule has 3 rings (SSSR count). The van der Waals surface area contributed by atoms with Gasteiger partial charge in [0.2, 0.25) is 0 Å². The summed E-state index contributed by atoms with van der Waals surface area (Å²) < 4.78 is 19.7. The Hall–Kier alpha value is -1.62. The quantitative estimate of drug-likeness (QED) is 0.838. The van der Waals surface area contributed by atoms with E-state index < -0.39 is 0 Å². The van der Waals surface area contributed by atoms with Crippen LogP contribution in [0.3, 0.4) is 0 Å². The van der Waals surface area contributed by atoms with Crippen LogP contribution in [0.1, 0.15) is 30.1 Å². The smallest absolute Gasteiger partial charge is 0.254 e. The fraction of sp³-hybridized carbons (Fsp3) is 0.562. The van der Waals surface area contributed by atoms with Crippen LogP contribution >= 0.6 is 0 Å². The van der Waals surface area contributed by atoms with Crippen molar-refractivity contribution >= 4 is 11.6 Å². The first-order chi connectivity index (χ1) is 10.1. The fourth-order valence-corrected chi connectivity index (χ4v) is 3.04. The Labute approximate surface area is 124 Å². The van der Waals surface area contributed by atoms with Gasteiger partial charge in [0.05, 0.1) is 18.4 Å². The molecule has 0 radical (unpaired) electrons. The number of hydrogen-bond acceptors (Lipinski definition) is 3. The van der Waals surface area contributed by atoms with Crippen LogP contribution in [-0.2, 0) is 4.74 Å². The summed E-state index contributed by atoms with van der Waals surface area (Å²) in [4.78, 5) is 16.2. The zero-order valence-corrected chi connectivity index (χ0v) is 12.3. The van der Waals surface area contributed by atoms with Gasteiger partial charge in [-0.15, -0.1) is 0 Å². The lowest BCUT2D eigenvalue weighted by Crippen LogP contribution is -2.44. The molecule has 0 saturated carbocycles. The number of nitrogens with zero attached hydrogens (tertiary/aromatic N) is 2. The van der Waals surface area contributed by atoms with Gasteiger partial charge in [-0.05, 0) is 38.0 Å². The monoisotopic (exact) mass is 292 g/mol. The van der Waals surface area contributed by atoms with E-state index in [4.69, 9.17) is 4.74 Å². The lowest BCUT2D eigenvalue weighted by Gasteiger charge is -2.31. The molecule has 0 aliphatic carbocycles. The van der Waals surface area contributed by atoms with E-state index in [0.717, 1.165) is 25.9 Å². The second-order valence-corrected chi connectivity index (χ2v) is 5.79. The summed E-state index contributed by atoms with van der Waals surface area (Å²) in [6.07, 6.45) is 2.24. The molecule has 0 N–H and O–H groups in total. The van der Waals surface area contributed by atoms with Crippen molar-refractivity contribution in [3.8, 4) is 0 Å². The highest BCUT2D eigenvalue weighted by atomic mass is 19.1. The number of morpholine rings is 1. The van der Waals surface area contributed by atoms with E-state index in [0.29, 0.717) is 30.9 Å². The second-order valence-electron chi connectivity index (χ2n) is 5.79. The van der Waals surface area contributed by atoms with Crippen molar-refractivity contribution in [3.05, 3.63) is 29.6 Å². The predicted octanol–water partition coefficient (Wildman–Crippen LogP) is 2.29. The Balaban J connectivity index is 1.76. The first-order valence-electron chi connectivity index (χ1n) is 7.60. The minimum absolute atomic E-state index is 0.0384. The summed E-state index contributed by atoms with van der Waals surface area (Å²) in [6.45, 7) is 5.40. The molecule has 1 amide bonds. The molecule has 21 heavy (non-hydrogen) atoms. The first-order valence-corrected chi connectivity index (χ1v) is 7.60. The molecule has 0 aromatic heterocycles. The molecule has 1 aromatic carbocycles. The molecular formula is C16H21FN2O2. The van der Waals surface area contributed by atoms with Crippen molar-refractivity contribution < 1.29 is 13.9 Å². The van der Waals surface area contributed by atoms with E-state index in [1.807, 2.05) is 11.8 Å². The van der Waals surface area contributed by atoms with E-state index >= 15 is 0 Å². The standard InChI is InChI=1S/C16H21FN2O2/c1-12-11-19(8-9-21-12)16(20)13-4-5-15(14(17)10-13)18-6-2-3-7-18/h4-5,10,12H,2-3,6-9,11H2,1H3/t12-/m1/s1. The predicted molar refractivity (Wildman–Crippen MR) is 79.2 cm³/mol. The summed E-state index contributed by atoms with van der Waals surface area (Å²) in [6, 6.07) is 4.84. The van der Waals surface area contributed by atoms with Gasteiger partial charge >= 0.3 is 0 Å². The minimum atomic E-state index is -0.302. The van der Waals surface area contributed by atoms with Crippen LogP contribution in [0.15, 0.2) is 18.2 Å². The highest BCUT2D eigenvalue weighted by molar-refractivity contribution is 5.94. The molecule has 2 fully saturated rings. The van der Waals surface area contributed by atoms with Gasteiger partial charge in [0.15, 0.2) is 0 Å². The summed E-state index contributed by atoms with van der Waals surface area (Å²) >= 11 is 0. The fourth-order valence-electron chi connectivity index (χ4n) is 3.04. The first kappa shape index (κ1) is 14.3. The van der Waals surface area contributed by atoms with Gasteiger partial charge < -0.3 is 14.5 Å². The summed E-state index contributed by atoms with van der Waals surface area (Å²) in [7, 11) is 0. The van der Waals surface area contributed by atoms with Crippen LogP contribution in [0.2, 0.25) is 0 Å². The molecule has 1 atom stereocenters. The average Bonchev–Trinajstić information content (AvgIpc) is 3.00. The zero-order valence-electron chi connectivity index (χ0n) is 12.3. The van der Waals surface area contributed by atoms with Crippen LogP contribution < -0.4 is 4.90 Å². The lowest BCUT2D eigenvalue weighted by molar-refractivity contribution is -0.0124. The van der Waals surface area contributed by atoms with Gasteiger partial charge in [-0.3, -0.25) is 4.79 Å². The third-order valence-electron chi connectivity index (χ3n) is 4.17. The number of anilines is 1. The average molecular weight is 292 g/mol. The Morgan fingerprint density at radius 3 is 2.71 bits per heavy atom. The van der Waals surface area contributed by atoms with E-state index in [1.165, 1.54) is 6.07 Å². The molecule has 0 bridgehead atoms. The second kappa shape index (κ2) is 6.02. The maximum absolute atomic E-state index is 14.3. The number of halogens is 1. The topological polar surface area (TPSA) is 32.8 Å².